The van der Waals surface area contributed by atoms with Gasteiger partial charge in [-0.3, -0.25) is 9.59 Å². The molecule has 0 saturated carbocycles. The Morgan fingerprint density at radius 3 is 2.55 bits per heavy atom. The number of benzene rings is 1. The van der Waals surface area contributed by atoms with Gasteiger partial charge in [-0.15, -0.1) is 0 Å². The molecule has 0 spiro atoms. The third-order valence-electron chi connectivity index (χ3n) is 3.86. The number of ether oxygens (including phenoxy) is 1. The molecule has 2 amide bonds. The number of hydrogen-bond donors (Lipinski definition) is 3. The number of imidazole rings is 1. The highest BCUT2D eigenvalue weighted by atomic mass is 32.2. The number of rotatable bonds is 10. The summed E-state index contributed by atoms with van der Waals surface area (Å²) in [6.07, 6.45) is 2.31. The second kappa shape index (κ2) is 11.2. The number of carbonyl (C=O) groups excluding carboxylic acids is 3. The van der Waals surface area contributed by atoms with E-state index in [4.69, 9.17) is 0 Å². The van der Waals surface area contributed by atoms with Gasteiger partial charge in [-0.2, -0.15) is 0 Å². The number of aromatic nitrogens is 2. The molecule has 1 aromatic carbocycles. The molecule has 0 unspecified atom stereocenters. The minimum Gasteiger partial charge on any atom is -0.465 e. The molecule has 0 radical (unpaired) electrons. The van der Waals surface area contributed by atoms with Crippen molar-refractivity contribution in [3.05, 3.63) is 41.7 Å². The van der Waals surface area contributed by atoms with E-state index >= 15 is 0 Å². The van der Waals surface area contributed by atoms with Crippen LogP contribution < -0.4 is 10.6 Å². The molecule has 9 nitrogen and oxygen atoms in total. The van der Waals surface area contributed by atoms with Crippen molar-refractivity contribution < 1.29 is 24.2 Å². The Morgan fingerprint density at radius 1 is 1.21 bits per heavy atom. The molecule has 1 aromatic heterocycles. The lowest BCUT2D eigenvalue weighted by atomic mass is 10.2. The van der Waals surface area contributed by atoms with E-state index in [2.05, 4.69) is 20.4 Å². The third kappa shape index (κ3) is 6.61. The van der Waals surface area contributed by atoms with E-state index in [1.54, 1.807) is 28.8 Å². The lowest BCUT2D eigenvalue weighted by Gasteiger charge is -2.11. The summed E-state index contributed by atoms with van der Waals surface area (Å²) < 4.78 is 6.22. The van der Waals surface area contributed by atoms with Crippen LogP contribution in [0.3, 0.4) is 0 Å². The van der Waals surface area contributed by atoms with Gasteiger partial charge >= 0.3 is 5.97 Å². The molecule has 2 rings (SSSR count). The zero-order chi connectivity index (χ0) is 21.2. The lowest BCUT2D eigenvalue weighted by Crippen LogP contribution is -2.29. The summed E-state index contributed by atoms with van der Waals surface area (Å²) in [4.78, 5) is 39.9. The molecule has 2 aromatic rings. The van der Waals surface area contributed by atoms with Crippen LogP contribution in [0.25, 0.3) is 0 Å². The molecular weight excluding hydrogens is 396 g/mol. The molecule has 0 aliphatic heterocycles. The topological polar surface area (TPSA) is 123 Å². The Hall–Kier alpha value is -2.85. The summed E-state index contributed by atoms with van der Waals surface area (Å²) in [6.45, 7) is 2.30. The van der Waals surface area contributed by atoms with Gasteiger partial charge in [-0.25, -0.2) is 9.78 Å². The van der Waals surface area contributed by atoms with Gasteiger partial charge in [0.15, 0.2) is 5.16 Å². The van der Waals surface area contributed by atoms with E-state index in [-0.39, 0.29) is 30.7 Å². The first-order valence-corrected chi connectivity index (χ1v) is 10.00. The largest absolute Gasteiger partial charge is 0.465 e. The van der Waals surface area contributed by atoms with Crippen LogP contribution in [0.15, 0.2) is 35.6 Å². The van der Waals surface area contributed by atoms with Gasteiger partial charge in [-0.1, -0.05) is 18.7 Å². The van der Waals surface area contributed by atoms with E-state index in [1.807, 2.05) is 6.92 Å². The summed E-state index contributed by atoms with van der Waals surface area (Å²) in [5.41, 5.74) is 1.43. The Balaban J connectivity index is 1.95. The second-order valence-electron chi connectivity index (χ2n) is 6.03. The normalized spacial score (nSPS) is 10.4. The zero-order valence-electron chi connectivity index (χ0n) is 16.3. The van der Waals surface area contributed by atoms with Crippen LogP contribution in [0.1, 0.15) is 29.4 Å². The van der Waals surface area contributed by atoms with Crippen molar-refractivity contribution in [3.8, 4) is 0 Å². The number of esters is 1. The maximum Gasteiger partial charge on any atom is 0.337 e. The maximum atomic E-state index is 12.2. The van der Waals surface area contributed by atoms with Crippen molar-refractivity contribution in [1.29, 1.82) is 0 Å². The van der Waals surface area contributed by atoms with Crippen molar-refractivity contribution in [2.75, 3.05) is 24.7 Å². The monoisotopic (exact) mass is 420 g/mol. The van der Waals surface area contributed by atoms with Gasteiger partial charge in [0.25, 0.3) is 0 Å². The van der Waals surface area contributed by atoms with Gasteiger partial charge in [0, 0.05) is 12.2 Å². The number of aliphatic hydroxyl groups is 1. The quantitative estimate of drug-likeness (QED) is 0.392. The van der Waals surface area contributed by atoms with Gasteiger partial charge in [0.05, 0.1) is 36.9 Å². The third-order valence-corrected chi connectivity index (χ3v) is 4.85. The van der Waals surface area contributed by atoms with E-state index in [0.717, 1.165) is 18.2 Å². The number of aliphatic hydroxyl groups excluding tert-OH is 1. The number of amides is 2. The predicted octanol–water partition coefficient (Wildman–Crippen LogP) is 1.42. The average molecular weight is 420 g/mol. The summed E-state index contributed by atoms with van der Waals surface area (Å²) in [6, 6.07) is 6.34. The van der Waals surface area contributed by atoms with Crippen molar-refractivity contribution in [1.82, 2.24) is 14.9 Å². The van der Waals surface area contributed by atoms with Crippen LogP contribution in [0, 0.1) is 0 Å². The van der Waals surface area contributed by atoms with Crippen LogP contribution in [-0.4, -0.2) is 51.8 Å². The van der Waals surface area contributed by atoms with E-state index in [9.17, 15) is 19.5 Å². The number of hydrogen-bond acceptors (Lipinski definition) is 7. The van der Waals surface area contributed by atoms with Crippen molar-refractivity contribution >= 4 is 35.2 Å². The fourth-order valence-electron chi connectivity index (χ4n) is 2.40. The fraction of sp³-hybridized carbons (Fsp3) is 0.368. The van der Waals surface area contributed by atoms with Crippen LogP contribution in [0.5, 0.6) is 0 Å². The summed E-state index contributed by atoms with van der Waals surface area (Å²) in [5.74, 6) is -0.835. The van der Waals surface area contributed by atoms with Gasteiger partial charge in [0.1, 0.15) is 6.54 Å². The molecule has 1 heterocycles. The van der Waals surface area contributed by atoms with Crippen LogP contribution in [0.2, 0.25) is 0 Å². The molecule has 3 N–H and O–H groups in total. The Bertz CT molecular complexity index is 851. The smallest absolute Gasteiger partial charge is 0.337 e. The highest BCUT2D eigenvalue weighted by Gasteiger charge is 2.15. The SMILES string of the molecule is CCCNC(=O)Cn1c(CO)cnc1SCC(=O)Nc1ccc(C(=O)OC)cc1. The number of nitrogens with zero attached hydrogens (tertiary/aromatic N) is 2. The van der Waals surface area contributed by atoms with Crippen molar-refractivity contribution in [3.63, 3.8) is 0 Å². The number of thioether (sulfide) groups is 1. The van der Waals surface area contributed by atoms with Gasteiger partial charge < -0.3 is 25.0 Å². The lowest BCUT2D eigenvalue weighted by molar-refractivity contribution is -0.121. The van der Waals surface area contributed by atoms with E-state index in [1.165, 1.54) is 13.3 Å². The van der Waals surface area contributed by atoms with E-state index in [0.29, 0.717) is 28.6 Å². The minimum atomic E-state index is -0.451. The fourth-order valence-corrected chi connectivity index (χ4v) is 3.20. The number of carbonyl (C=O) groups is 3. The zero-order valence-corrected chi connectivity index (χ0v) is 17.1. The molecule has 0 aliphatic carbocycles. The molecule has 0 saturated heterocycles. The maximum absolute atomic E-state index is 12.2. The van der Waals surface area contributed by atoms with Crippen molar-refractivity contribution in [2.24, 2.45) is 0 Å². The molecular formula is C19H24N4O5S. The molecule has 10 heteroatoms. The Morgan fingerprint density at radius 2 is 1.93 bits per heavy atom. The standard InChI is InChI=1S/C19H24N4O5S/c1-3-8-20-16(25)10-23-15(11-24)9-21-19(23)29-12-17(26)22-14-6-4-13(5-7-14)18(27)28-2/h4-7,9,24H,3,8,10-12H2,1-2H3,(H,20,25)(H,22,26). The molecule has 0 atom stereocenters. The molecule has 29 heavy (non-hydrogen) atoms. The Kier molecular flexibility index (Phi) is 8.68. The van der Waals surface area contributed by atoms with Gasteiger partial charge in [-0.05, 0) is 30.7 Å². The molecule has 0 aliphatic rings. The summed E-state index contributed by atoms with van der Waals surface area (Å²) in [7, 11) is 1.30. The second-order valence-corrected chi connectivity index (χ2v) is 6.97. The highest BCUT2D eigenvalue weighted by Crippen LogP contribution is 2.19. The van der Waals surface area contributed by atoms with Crippen LogP contribution >= 0.6 is 11.8 Å². The average Bonchev–Trinajstić information content (AvgIpc) is 3.12. The molecule has 0 bridgehead atoms. The first kappa shape index (κ1) is 22.4. The first-order chi connectivity index (χ1) is 14.0. The summed E-state index contributed by atoms with van der Waals surface area (Å²) >= 11 is 1.16. The van der Waals surface area contributed by atoms with Crippen molar-refractivity contribution in [2.45, 2.75) is 31.7 Å². The minimum absolute atomic E-state index is 0.0227. The summed E-state index contributed by atoms with van der Waals surface area (Å²) in [5, 5.41) is 15.4. The predicted molar refractivity (Wildman–Crippen MR) is 109 cm³/mol. The highest BCUT2D eigenvalue weighted by molar-refractivity contribution is 7.99. The number of anilines is 1. The Labute approximate surface area is 172 Å². The molecule has 156 valence electrons. The number of nitrogens with one attached hydrogen (secondary N) is 2. The van der Waals surface area contributed by atoms with Crippen LogP contribution in [-0.2, 0) is 27.5 Å². The molecule has 0 fully saturated rings. The van der Waals surface area contributed by atoms with Gasteiger partial charge in [0.2, 0.25) is 11.8 Å². The van der Waals surface area contributed by atoms with E-state index < -0.39 is 5.97 Å². The first-order valence-electron chi connectivity index (χ1n) is 9.01. The van der Waals surface area contributed by atoms with Crippen LogP contribution in [0.4, 0.5) is 5.69 Å². The number of methoxy groups -OCH3 is 1.